The Labute approximate surface area is 108 Å². The van der Waals surface area contributed by atoms with Crippen LogP contribution in [0.4, 0.5) is 0 Å². The van der Waals surface area contributed by atoms with Crippen LogP contribution in [0.2, 0.25) is 0 Å². The van der Waals surface area contributed by atoms with Gasteiger partial charge in [0.15, 0.2) is 0 Å². The van der Waals surface area contributed by atoms with Gasteiger partial charge >= 0.3 is 0 Å². The van der Waals surface area contributed by atoms with E-state index in [1.54, 1.807) is 0 Å². The van der Waals surface area contributed by atoms with Crippen LogP contribution >= 0.6 is 0 Å². The standard InChI is InChI=1S/C15H31NO/c1-6-10-13(11-7-2)15(17)16(5)14(9-4)12-8-3/h13-14H,6-12H2,1-5H3. The van der Waals surface area contributed by atoms with E-state index in [0.717, 1.165) is 44.9 Å². The molecule has 0 spiro atoms. The Balaban J connectivity index is 4.49. The second kappa shape index (κ2) is 9.49. The zero-order valence-electron chi connectivity index (χ0n) is 12.5. The smallest absolute Gasteiger partial charge is 0.225 e. The van der Waals surface area contributed by atoms with Gasteiger partial charge in [-0.1, -0.05) is 47.0 Å². The summed E-state index contributed by atoms with van der Waals surface area (Å²) >= 11 is 0. The van der Waals surface area contributed by atoms with Gasteiger partial charge in [-0.2, -0.15) is 0 Å². The van der Waals surface area contributed by atoms with Crippen molar-refractivity contribution in [1.82, 2.24) is 4.90 Å². The summed E-state index contributed by atoms with van der Waals surface area (Å²) in [5.41, 5.74) is 0. The molecule has 0 fully saturated rings. The van der Waals surface area contributed by atoms with E-state index in [0.29, 0.717) is 11.9 Å². The monoisotopic (exact) mass is 241 g/mol. The minimum absolute atomic E-state index is 0.251. The first kappa shape index (κ1) is 16.5. The topological polar surface area (TPSA) is 20.3 Å². The van der Waals surface area contributed by atoms with Gasteiger partial charge < -0.3 is 4.90 Å². The van der Waals surface area contributed by atoms with Crippen LogP contribution < -0.4 is 0 Å². The lowest BCUT2D eigenvalue weighted by atomic mass is 9.95. The molecule has 0 aliphatic heterocycles. The molecule has 0 aromatic carbocycles. The summed E-state index contributed by atoms with van der Waals surface area (Å²) in [5.74, 6) is 0.620. The number of hydrogen-bond acceptors (Lipinski definition) is 1. The first-order chi connectivity index (χ1) is 8.12. The number of hydrogen-bond donors (Lipinski definition) is 0. The van der Waals surface area contributed by atoms with Crippen molar-refractivity contribution in [2.45, 2.75) is 78.7 Å². The molecule has 1 amide bonds. The average Bonchev–Trinajstić information content (AvgIpc) is 2.34. The molecule has 102 valence electrons. The third-order valence-electron chi connectivity index (χ3n) is 3.61. The summed E-state index contributed by atoms with van der Waals surface area (Å²) in [6.45, 7) is 8.70. The fraction of sp³-hybridized carbons (Fsp3) is 0.933. The van der Waals surface area contributed by atoms with Crippen LogP contribution in [0.5, 0.6) is 0 Å². The Bertz CT molecular complexity index is 197. The number of amides is 1. The molecule has 0 aromatic rings. The molecule has 0 radical (unpaired) electrons. The van der Waals surface area contributed by atoms with Gasteiger partial charge in [-0.25, -0.2) is 0 Å². The van der Waals surface area contributed by atoms with Crippen molar-refractivity contribution in [2.75, 3.05) is 7.05 Å². The van der Waals surface area contributed by atoms with E-state index < -0.39 is 0 Å². The van der Waals surface area contributed by atoms with Crippen LogP contribution in [0.15, 0.2) is 0 Å². The Hall–Kier alpha value is -0.530. The van der Waals surface area contributed by atoms with Crippen LogP contribution in [0.25, 0.3) is 0 Å². The van der Waals surface area contributed by atoms with Gasteiger partial charge in [0.05, 0.1) is 0 Å². The summed E-state index contributed by atoms with van der Waals surface area (Å²) < 4.78 is 0. The Kier molecular flexibility index (Phi) is 9.20. The third-order valence-corrected chi connectivity index (χ3v) is 3.61. The van der Waals surface area contributed by atoms with Gasteiger partial charge in [0.2, 0.25) is 5.91 Å². The summed E-state index contributed by atoms with van der Waals surface area (Å²) in [4.78, 5) is 14.4. The molecular formula is C15H31NO. The molecule has 17 heavy (non-hydrogen) atoms. The predicted molar refractivity (Wildman–Crippen MR) is 75.1 cm³/mol. The van der Waals surface area contributed by atoms with Crippen molar-refractivity contribution in [3.63, 3.8) is 0 Å². The van der Waals surface area contributed by atoms with E-state index >= 15 is 0 Å². The summed E-state index contributed by atoms with van der Waals surface area (Å²) in [5, 5.41) is 0. The number of nitrogens with zero attached hydrogens (tertiary/aromatic N) is 1. The molecule has 0 heterocycles. The number of rotatable bonds is 9. The molecule has 2 heteroatoms. The summed E-state index contributed by atoms with van der Waals surface area (Å²) in [7, 11) is 1.99. The van der Waals surface area contributed by atoms with E-state index in [1.807, 2.05) is 11.9 Å². The van der Waals surface area contributed by atoms with Gasteiger partial charge in [0.25, 0.3) is 0 Å². The van der Waals surface area contributed by atoms with Gasteiger partial charge in [-0.15, -0.1) is 0 Å². The lowest BCUT2D eigenvalue weighted by molar-refractivity contribution is -0.137. The first-order valence-corrected chi connectivity index (χ1v) is 7.38. The van der Waals surface area contributed by atoms with Crippen molar-refractivity contribution in [3.8, 4) is 0 Å². The Morgan fingerprint density at radius 2 is 1.41 bits per heavy atom. The highest BCUT2D eigenvalue weighted by molar-refractivity contribution is 5.78. The fourth-order valence-corrected chi connectivity index (χ4v) is 2.56. The van der Waals surface area contributed by atoms with Crippen LogP contribution in [-0.2, 0) is 4.79 Å². The van der Waals surface area contributed by atoms with Crippen LogP contribution in [0, 0.1) is 5.92 Å². The minimum atomic E-state index is 0.251. The van der Waals surface area contributed by atoms with E-state index in [9.17, 15) is 4.79 Å². The molecule has 0 saturated carbocycles. The molecular weight excluding hydrogens is 210 g/mol. The largest absolute Gasteiger partial charge is 0.343 e. The van der Waals surface area contributed by atoms with Crippen molar-refractivity contribution >= 4 is 5.91 Å². The molecule has 0 rings (SSSR count). The van der Waals surface area contributed by atoms with Gasteiger partial charge in [0.1, 0.15) is 0 Å². The maximum absolute atomic E-state index is 12.4. The highest BCUT2D eigenvalue weighted by Gasteiger charge is 2.24. The minimum Gasteiger partial charge on any atom is -0.343 e. The lowest BCUT2D eigenvalue weighted by Crippen LogP contribution is -2.40. The molecule has 2 nitrogen and oxygen atoms in total. The molecule has 0 aliphatic carbocycles. The van der Waals surface area contributed by atoms with E-state index in [4.69, 9.17) is 0 Å². The zero-order chi connectivity index (χ0) is 13.3. The van der Waals surface area contributed by atoms with Crippen molar-refractivity contribution in [2.24, 2.45) is 5.92 Å². The molecule has 0 aliphatic rings. The Morgan fingerprint density at radius 1 is 0.941 bits per heavy atom. The molecule has 0 saturated heterocycles. The van der Waals surface area contributed by atoms with Crippen molar-refractivity contribution in [3.05, 3.63) is 0 Å². The number of carbonyl (C=O) groups excluding carboxylic acids is 1. The second-order valence-corrected chi connectivity index (χ2v) is 5.07. The quantitative estimate of drug-likeness (QED) is 0.591. The SMILES string of the molecule is CCCC(CCC)C(=O)N(C)C(CC)CCC. The highest BCUT2D eigenvalue weighted by Crippen LogP contribution is 2.19. The van der Waals surface area contributed by atoms with Crippen LogP contribution in [0.1, 0.15) is 72.6 Å². The molecule has 1 atom stereocenters. The first-order valence-electron chi connectivity index (χ1n) is 7.38. The van der Waals surface area contributed by atoms with Crippen LogP contribution in [0.3, 0.4) is 0 Å². The van der Waals surface area contributed by atoms with E-state index in [2.05, 4.69) is 27.7 Å². The van der Waals surface area contributed by atoms with Crippen LogP contribution in [-0.4, -0.2) is 23.9 Å². The van der Waals surface area contributed by atoms with E-state index in [1.165, 1.54) is 0 Å². The summed E-state index contributed by atoms with van der Waals surface area (Å²) in [6, 6.07) is 0.434. The van der Waals surface area contributed by atoms with Crippen molar-refractivity contribution in [1.29, 1.82) is 0 Å². The van der Waals surface area contributed by atoms with Gasteiger partial charge in [-0.3, -0.25) is 4.79 Å². The lowest BCUT2D eigenvalue weighted by Gasteiger charge is -2.30. The van der Waals surface area contributed by atoms with Crippen molar-refractivity contribution < 1.29 is 4.79 Å². The summed E-state index contributed by atoms with van der Waals surface area (Å²) in [6.07, 6.45) is 7.65. The third kappa shape index (κ3) is 5.56. The number of carbonyl (C=O) groups is 1. The predicted octanol–water partition coefficient (Wildman–Crippen LogP) is 4.24. The maximum Gasteiger partial charge on any atom is 0.225 e. The second-order valence-electron chi connectivity index (χ2n) is 5.07. The maximum atomic E-state index is 12.4. The highest BCUT2D eigenvalue weighted by atomic mass is 16.2. The molecule has 0 N–H and O–H groups in total. The van der Waals surface area contributed by atoms with Gasteiger partial charge in [0, 0.05) is 19.0 Å². The van der Waals surface area contributed by atoms with E-state index in [-0.39, 0.29) is 5.92 Å². The average molecular weight is 241 g/mol. The molecule has 1 unspecified atom stereocenters. The molecule has 0 aromatic heterocycles. The zero-order valence-corrected chi connectivity index (χ0v) is 12.5. The Morgan fingerprint density at radius 3 is 1.76 bits per heavy atom. The molecule has 0 bridgehead atoms. The normalized spacial score (nSPS) is 12.8. The fourth-order valence-electron chi connectivity index (χ4n) is 2.56. The van der Waals surface area contributed by atoms with Gasteiger partial charge in [-0.05, 0) is 25.7 Å².